The van der Waals surface area contributed by atoms with Gasteiger partial charge in [0.15, 0.2) is 8.32 Å². The molecule has 0 bridgehead atoms. The molecule has 1 unspecified atom stereocenters. The van der Waals surface area contributed by atoms with E-state index >= 15 is 0 Å². The van der Waals surface area contributed by atoms with E-state index < -0.39 is 8.32 Å². The van der Waals surface area contributed by atoms with Crippen LogP contribution in [0.1, 0.15) is 63.1 Å². The highest BCUT2D eigenvalue weighted by atomic mass is 28.4. The number of benzene rings is 1. The lowest BCUT2D eigenvalue weighted by atomic mass is 10.1. The van der Waals surface area contributed by atoms with Crippen molar-refractivity contribution >= 4 is 14.3 Å². The molecule has 0 aliphatic carbocycles. The van der Waals surface area contributed by atoms with E-state index in [1.54, 1.807) is 12.5 Å². The van der Waals surface area contributed by atoms with Crippen LogP contribution in [0.15, 0.2) is 42.9 Å². The van der Waals surface area contributed by atoms with Crippen molar-refractivity contribution in [2.45, 2.75) is 71.3 Å². The first-order chi connectivity index (χ1) is 13.0. The highest BCUT2D eigenvalue weighted by Crippen LogP contribution is 2.36. The molecule has 154 valence electrons. The van der Waals surface area contributed by atoms with Crippen molar-refractivity contribution < 1.29 is 14.0 Å². The molecule has 0 aliphatic rings. The molecule has 0 amide bonds. The van der Waals surface area contributed by atoms with Crippen molar-refractivity contribution in [3.63, 3.8) is 0 Å². The highest BCUT2D eigenvalue weighted by Gasteiger charge is 2.37. The minimum Gasteiger partial charge on any atom is -0.458 e. The van der Waals surface area contributed by atoms with E-state index in [1.165, 1.54) is 0 Å². The fourth-order valence-corrected chi connectivity index (χ4v) is 3.72. The van der Waals surface area contributed by atoms with Gasteiger partial charge < -0.3 is 13.7 Å². The van der Waals surface area contributed by atoms with Crippen molar-refractivity contribution in [1.82, 2.24) is 9.55 Å². The predicted octanol–water partition coefficient (Wildman–Crippen LogP) is 5.45. The number of carbonyl (C=O) groups excluding carboxylic acids is 1. The number of aromatic nitrogens is 2. The lowest BCUT2D eigenvalue weighted by molar-refractivity contribution is 0.0280. The summed E-state index contributed by atoms with van der Waals surface area (Å²) in [6, 6.07) is 10.0. The molecule has 0 fully saturated rings. The fourth-order valence-electron chi connectivity index (χ4n) is 2.66. The van der Waals surface area contributed by atoms with Crippen LogP contribution in [0.25, 0.3) is 0 Å². The lowest BCUT2D eigenvalue weighted by Gasteiger charge is -2.36. The third-order valence-electron chi connectivity index (χ3n) is 5.68. The molecule has 5 nitrogen and oxygen atoms in total. The Morgan fingerprint density at radius 1 is 1.18 bits per heavy atom. The number of hydrogen-bond donors (Lipinski definition) is 0. The Balaban J connectivity index is 1.94. The van der Waals surface area contributed by atoms with E-state index in [2.05, 4.69) is 38.8 Å². The standard InChI is InChI=1S/C22H34N2O3Si/c1-17(13-14-26-28(6,7)22(3,4)5)27-21(25)20-15-23-16-24(20)18(2)19-11-9-8-10-12-19/h8-12,15-18H,13-14H2,1-7H3/t17?,18-/m1/s1. The van der Waals surface area contributed by atoms with Gasteiger partial charge in [0.05, 0.1) is 18.6 Å². The smallest absolute Gasteiger partial charge is 0.356 e. The Labute approximate surface area is 170 Å². The van der Waals surface area contributed by atoms with Gasteiger partial charge >= 0.3 is 5.97 Å². The van der Waals surface area contributed by atoms with Crippen LogP contribution in [0, 0.1) is 0 Å². The van der Waals surface area contributed by atoms with Gasteiger partial charge in [-0.3, -0.25) is 0 Å². The fraction of sp³-hybridized carbons (Fsp3) is 0.545. The molecule has 1 aromatic carbocycles. The zero-order valence-corrected chi connectivity index (χ0v) is 19.2. The Bertz CT molecular complexity index is 766. The third-order valence-corrected chi connectivity index (χ3v) is 10.2. The number of nitrogens with zero attached hydrogens (tertiary/aromatic N) is 2. The van der Waals surface area contributed by atoms with Crippen LogP contribution in [0.5, 0.6) is 0 Å². The molecule has 1 heterocycles. The van der Waals surface area contributed by atoms with Crippen molar-refractivity contribution in [3.05, 3.63) is 54.1 Å². The molecule has 2 rings (SSSR count). The molecule has 0 radical (unpaired) electrons. The van der Waals surface area contributed by atoms with Gasteiger partial charge in [-0.1, -0.05) is 51.1 Å². The van der Waals surface area contributed by atoms with Gasteiger partial charge in [-0.2, -0.15) is 0 Å². The van der Waals surface area contributed by atoms with Crippen LogP contribution in [-0.2, 0) is 9.16 Å². The van der Waals surface area contributed by atoms with E-state index in [0.29, 0.717) is 18.7 Å². The summed E-state index contributed by atoms with van der Waals surface area (Å²) in [5.74, 6) is -0.347. The molecule has 0 saturated heterocycles. The third kappa shape index (κ3) is 5.55. The van der Waals surface area contributed by atoms with Crippen LogP contribution in [0.3, 0.4) is 0 Å². The van der Waals surface area contributed by atoms with Gasteiger partial charge in [-0.25, -0.2) is 9.78 Å². The molecule has 0 spiro atoms. The number of ether oxygens (including phenoxy) is 1. The summed E-state index contributed by atoms with van der Waals surface area (Å²) in [7, 11) is -1.78. The minimum atomic E-state index is -1.78. The lowest BCUT2D eigenvalue weighted by Crippen LogP contribution is -2.41. The normalized spacial score (nSPS) is 14.5. The molecule has 1 aromatic heterocycles. The first-order valence-corrected chi connectivity index (χ1v) is 12.9. The van der Waals surface area contributed by atoms with Crippen molar-refractivity contribution in [3.8, 4) is 0 Å². The average molecular weight is 403 g/mol. The van der Waals surface area contributed by atoms with E-state index in [1.807, 2.05) is 48.7 Å². The first-order valence-electron chi connectivity index (χ1n) is 9.94. The second-order valence-corrected chi connectivity index (χ2v) is 13.7. The molecule has 0 N–H and O–H groups in total. The maximum atomic E-state index is 12.7. The summed E-state index contributed by atoms with van der Waals surface area (Å²) in [5, 5.41) is 0.174. The quantitative estimate of drug-likeness (QED) is 0.435. The van der Waals surface area contributed by atoms with Crippen LogP contribution in [0.4, 0.5) is 0 Å². The van der Waals surface area contributed by atoms with Crippen molar-refractivity contribution in [2.75, 3.05) is 6.61 Å². The van der Waals surface area contributed by atoms with Crippen molar-refractivity contribution in [1.29, 1.82) is 0 Å². The van der Waals surface area contributed by atoms with Crippen LogP contribution >= 0.6 is 0 Å². The SMILES string of the molecule is CC(CCO[Si](C)(C)C(C)(C)C)OC(=O)c1cncn1[C@H](C)c1ccccc1. The maximum Gasteiger partial charge on any atom is 0.356 e. The second-order valence-electron chi connectivity index (χ2n) is 8.89. The summed E-state index contributed by atoms with van der Waals surface area (Å²) >= 11 is 0. The van der Waals surface area contributed by atoms with E-state index in [0.717, 1.165) is 5.56 Å². The largest absolute Gasteiger partial charge is 0.458 e. The summed E-state index contributed by atoms with van der Waals surface area (Å²) in [5.41, 5.74) is 1.58. The molecule has 6 heteroatoms. The Hall–Kier alpha value is -1.92. The van der Waals surface area contributed by atoms with Crippen LogP contribution < -0.4 is 0 Å². The number of imidazole rings is 1. The van der Waals surface area contributed by atoms with Crippen LogP contribution in [-0.4, -0.2) is 36.5 Å². The monoisotopic (exact) mass is 402 g/mol. The van der Waals surface area contributed by atoms with E-state index in [4.69, 9.17) is 9.16 Å². The van der Waals surface area contributed by atoms with Crippen molar-refractivity contribution in [2.24, 2.45) is 0 Å². The first kappa shape index (κ1) is 22.4. The number of esters is 1. The molecule has 0 saturated carbocycles. The summed E-state index contributed by atoms with van der Waals surface area (Å²) in [4.78, 5) is 16.8. The Kier molecular flexibility index (Phi) is 7.23. The summed E-state index contributed by atoms with van der Waals surface area (Å²) in [6.07, 6.45) is 3.72. The minimum absolute atomic E-state index is 0.00322. The van der Waals surface area contributed by atoms with Gasteiger partial charge in [0, 0.05) is 13.0 Å². The molecular weight excluding hydrogens is 368 g/mol. The van der Waals surface area contributed by atoms with Gasteiger partial charge in [0.25, 0.3) is 0 Å². The molecule has 0 aliphatic heterocycles. The average Bonchev–Trinajstić information content (AvgIpc) is 3.10. The highest BCUT2D eigenvalue weighted by molar-refractivity contribution is 6.74. The predicted molar refractivity (Wildman–Crippen MR) is 115 cm³/mol. The molecule has 2 aromatic rings. The van der Waals surface area contributed by atoms with Gasteiger partial charge in [0.1, 0.15) is 11.8 Å². The Morgan fingerprint density at radius 3 is 2.43 bits per heavy atom. The number of carbonyl (C=O) groups is 1. The summed E-state index contributed by atoms with van der Waals surface area (Å²) < 4.78 is 13.7. The van der Waals surface area contributed by atoms with Gasteiger partial charge in [0.2, 0.25) is 0 Å². The van der Waals surface area contributed by atoms with E-state index in [9.17, 15) is 4.79 Å². The zero-order chi connectivity index (χ0) is 20.9. The topological polar surface area (TPSA) is 53.4 Å². The molecule has 28 heavy (non-hydrogen) atoms. The zero-order valence-electron chi connectivity index (χ0n) is 18.2. The van der Waals surface area contributed by atoms with Gasteiger partial charge in [-0.05, 0) is 37.5 Å². The Morgan fingerprint density at radius 2 is 1.82 bits per heavy atom. The second kappa shape index (κ2) is 9.05. The maximum absolute atomic E-state index is 12.7. The number of hydrogen-bond acceptors (Lipinski definition) is 4. The molecular formula is C22H34N2O3Si. The summed E-state index contributed by atoms with van der Waals surface area (Å²) in [6.45, 7) is 15.7. The molecule has 2 atom stereocenters. The number of rotatable bonds is 8. The van der Waals surface area contributed by atoms with Crippen LogP contribution in [0.2, 0.25) is 18.1 Å². The van der Waals surface area contributed by atoms with E-state index in [-0.39, 0.29) is 23.2 Å². The van der Waals surface area contributed by atoms with Gasteiger partial charge in [-0.15, -0.1) is 0 Å².